The third kappa shape index (κ3) is 3.07. The number of carbonyl (C=O) groups excluding carboxylic acids is 1. The number of thioether (sulfide) groups is 1. The minimum absolute atomic E-state index is 0.0850. The molecule has 1 saturated heterocycles. The lowest BCUT2D eigenvalue weighted by atomic mass is 10.2. The predicted octanol–water partition coefficient (Wildman–Crippen LogP) is 1.09. The van der Waals surface area contributed by atoms with Crippen molar-refractivity contribution in [1.29, 1.82) is 0 Å². The van der Waals surface area contributed by atoms with Crippen LogP contribution < -0.4 is 0 Å². The Labute approximate surface area is 133 Å². The van der Waals surface area contributed by atoms with Crippen LogP contribution in [-0.2, 0) is 16.6 Å². The van der Waals surface area contributed by atoms with Crippen molar-refractivity contribution in [1.82, 2.24) is 24.6 Å². The van der Waals surface area contributed by atoms with Crippen LogP contribution in [0.15, 0.2) is 17.6 Å². The topological polar surface area (TPSA) is 73.1 Å². The third-order valence-corrected chi connectivity index (χ3v) is 4.59. The van der Waals surface area contributed by atoms with Gasteiger partial charge < -0.3 is 9.64 Å². The van der Waals surface area contributed by atoms with E-state index >= 15 is 0 Å². The molecule has 0 saturated carbocycles. The maximum absolute atomic E-state index is 12.4. The SMILES string of the molecule is CC1CN(C(=O)CSc2ncnc3c2cnn3C)CC(C)O1. The third-order valence-electron chi connectivity index (χ3n) is 3.60. The molecule has 3 heterocycles. The van der Waals surface area contributed by atoms with Crippen LogP contribution in [0.4, 0.5) is 0 Å². The smallest absolute Gasteiger partial charge is 0.233 e. The van der Waals surface area contributed by atoms with Crippen molar-refractivity contribution in [2.45, 2.75) is 31.1 Å². The Kier molecular flexibility index (Phi) is 4.30. The Morgan fingerprint density at radius 2 is 2.09 bits per heavy atom. The van der Waals surface area contributed by atoms with Gasteiger partial charge in [0.15, 0.2) is 5.65 Å². The van der Waals surface area contributed by atoms with E-state index in [1.807, 2.05) is 25.8 Å². The van der Waals surface area contributed by atoms with Crippen LogP contribution >= 0.6 is 11.8 Å². The normalized spacial score (nSPS) is 22.2. The van der Waals surface area contributed by atoms with Gasteiger partial charge in [-0.05, 0) is 13.8 Å². The molecule has 8 heteroatoms. The number of hydrogen-bond donors (Lipinski definition) is 0. The molecule has 0 aliphatic carbocycles. The van der Waals surface area contributed by atoms with E-state index in [-0.39, 0.29) is 18.1 Å². The second-order valence-electron chi connectivity index (χ2n) is 5.53. The van der Waals surface area contributed by atoms with E-state index in [2.05, 4.69) is 15.1 Å². The molecule has 1 amide bonds. The summed E-state index contributed by atoms with van der Waals surface area (Å²) in [7, 11) is 1.84. The van der Waals surface area contributed by atoms with E-state index in [1.165, 1.54) is 18.1 Å². The Morgan fingerprint density at radius 1 is 1.36 bits per heavy atom. The first-order valence-corrected chi connectivity index (χ1v) is 8.22. The van der Waals surface area contributed by atoms with Crippen LogP contribution in [0.3, 0.4) is 0 Å². The minimum Gasteiger partial charge on any atom is -0.372 e. The van der Waals surface area contributed by atoms with Crippen molar-refractivity contribution >= 4 is 28.7 Å². The van der Waals surface area contributed by atoms with Gasteiger partial charge in [-0.15, -0.1) is 0 Å². The standard InChI is InChI=1S/C14H19N5O2S/c1-9-5-19(6-10(2)21-9)12(20)7-22-14-11-4-17-18(3)13(11)15-8-16-14/h4,8-10H,5-7H2,1-3H3. The summed E-state index contributed by atoms with van der Waals surface area (Å²) in [5.41, 5.74) is 0.776. The lowest BCUT2D eigenvalue weighted by molar-refractivity contribution is -0.140. The quantitative estimate of drug-likeness (QED) is 0.622. The number of carbonyl (C=O) groups is 1. The molecule has 2 atom stereocenters. The monoisotopic (exact) mass is 321 g/mol. The second kappa shape index (κ2) is 6.21. The predicted molar refractivity (Wildman–Crippen MR) is 83.6 cm³/mol. The van der Waals surface area contributed by atoms with Crippen LogP contribution in [-0.4, -0.2) is 61.6 Å². The summed E-state index contributed by atoms with van der Waals surface area (Å²) < 4.78 is 7.36. The Morgan fingerprint density at radius 3 is 2.82 bits per heavy atom. The fourth-order valence-corrected chi connectivity index (χ4v) is 3.52. The van der Waals surface area contributed by atoms with Crippen LogP contribution in [0.1, 0.15) is 13.8 Å². The van der Waals surface area contributed by atoms with E-state index in [1.54, 1.807) is 10.9 Å². The van der Waals surface area contributed by atoms with Gasteiger partial charge in [0.25, 0.3) is 0 Å². The highest BCUT2D eigenvalue weighted by molar-refractivity contribution is 8.00. The molecule has 3 rings (SSSR count). The summed E-state index contributed by atoms with van der Waals surface area (Å²) >= 11 is 1.43. The molecular formula is C14H19N5O2S. The first-order chi connectivity index (χ1) is 10.5. The fraction of sp³-hybridized carbons (Fsp3) is 0.571. The number of amides is 1. The average Bonchev–Trinajstić information content (AvgIpc) is 2.86. The van der Waals surface area contributed by atoms with Gasteiger partial charge in [-0.1, -0.05) is 11.8 Å². The second-order valence-corrected chi connectivity index (χ2v) is 6.49. The lowest BCUT2D eigenvalue weighted by Gasteiger charge is -2.35. The zero-order chi connectivity index (χ0) is 15.7. The summed E-state index contributed by atoms with van der Waals surface area (Å²) in [5.74, 6) is 0.475. The number of rotatable bonds is 3. The van der Waals surface area contributed by atoms with E-state index in [0.29, 0.717) is 18.8 Å². The van der Waals surface area contributed by atoms with Crippen LogP contribution in [0, 0.1) is 0 Å². The van der Waals surface area contributed by atoms with Crippen molar-refractivity contribution in [3.05, 3.63) is 12.5 Å². The molecule has 2 aromatic heterocycles. The van der Waals surface area contributed by atoms with Gasteiger partial charge in [-0.25, -0.2) is 9.97 Å². The van der Waals surface area contributed by atoms with Crippen LogP contribution in [0.2, 0.25) is 0 Å². The van der Waals surface area contributed by atoms with Crippen molar-refractivity contribution in [3.8, 4) is 0 Å². The van der Waals surface area contributed by atoms with Crippen molar-refractivity contribution in [2.24, 2.45) is 7.05 Å². The van der Waals surface area contributed by atoms with Gasteiger partial charge in [0, 0.05) is 20.1 Å². The van der Waals surface area contributed by atoms with E-state index in [0.717, 1.165) is 16.1 Å². The van der Waals surface area contributed by atoms with Gasteiger partial charge >= 0.3 is 0 Å². The van der Waals surface area contributed by atoms with Gasteiger partial charge in [0.05, 0.1) is 29.5 Å². The highest BCUT2D eigenvalue weighted by Crippen LogP contribution is 2.24. The molecule has 118 valence electrons. The largest absolute Gasteiger partial charge is 0.372 e. The molecule has 1 fully saturated rings. The minimum atomic E-state index is 0.0850. The molecular weight excluding hydrogens is 302 g/mol. The van der Waals surface area contributed by atoms with Crippen LogP contribution in [0.25, 0.3) is 11.0 Å². The summed E-state index contributed by atoms with van der Waals surface area (Å²) in [6.45, 7) is 5.28. The number of morpholine rings is 1. The highest BCUT2D eigenvalue weighted by atomic mass is 32.2. The Balaban J connectivity index is 1.67. The number of aryl methyl sites for hydroxylation is 1. The summed E-state index contributed by atoms with van der Waals surface area (Å²) in [6, 6.07) is 0. The van der Waals surface area contributed by atoms with Crippen molar-refractivity contribution in [2.75, 3.05) is 18.8 Å². The Hall–Kier alpha value is -1.67. The number of ether oxygens (including phenoxy) is 1. The van der Waals surface area contributed by atoms with E-state index < -0.39 is 0 Å². The molecule has 2 aromatic rings. The van der Waals surface area contributed by atoms with E-state index in [4.69, 9.17) is 4.74 Å². The zero-order valence-electron chi connectivity index (χ0n) is 12.9. The Bertz CT molecular complexity index is 679. The number of fused-ring (bicyclic) bond motifs is 1. The number of aromatic nitrogens is 4. The molecule has 0 N–H and O–H groups in total. The fourth-order valence-electron chi connectivity index (χ4n) is 2.66. The lowest BCUT2D eigenvalue weighted by Crippen LogP contribution is -2.48. The highest BCUT2D eigenvalue weighted by Gasteiger charge is 2.26. The van der Waals surface area contributed by atoms with Crippen LogP contribution in [0.5, 0.6) is 0 Å². The molecule has 22 heavy (non-hydrogen) atoms. The molecule has 1 aliphatic heterocycles. The molecule has 0 spiro atoms. The molecule has 0 aromatic carbocycles. The number of hydrogen-bond acceptors (Lipinski definition) is 6. The van der Waals surface area contributed by atoms with Gasteiger partial charge in [0.1, 0.15) is 11.4 Å². The summed E-state index contributed by atoms with van der Waals surface area (Å²) in [6.07, 6.45) is 3.42. The molecule has 7 nitrogen and oxygen atoms in total. The first kappa shape index (κ1) is 15.2. The maximum atomic E-state index is 12.4. The van der Waals surface area contributed by atoms with Gasteiger partial charge in [-0.2, -0.15) is 5.10 Å². The summed E-state index contributed by atoms with van der Waals surface area (Å²) in [5, 5.41) is 5.86. The first-order valence-electron chi connectivity index (χ1n) is 7.23. The van der Waals surface area contributed by atoms with Crippen molar-refractivity contribution < 1.29 is 9.53 Å². The average molecular weight is 321 g/mol. The van der Waals surface area contributed by atoms with E-state index in [9.17, 15) is 4.79 Å². The molecule has 0 bridgehead atoms. The molecule has 2 unspecified atom stereocenters. The molecule has 0 radical (unpaired) electrons. The molecule has 1 aliphatic rings. The maximum Gasteiger partial charge on any atom is 0.233 e. The zero-order valence-corrected chi connectivity index (χ0v) is 13.7. The van der Waals surface area contributed by atoms with Gasteiger partial charge in [0.2, 0.25) is 5.91 Å². The van der Waals surface area contributed by atoms with Gasteiger partial charge in [-0.3, -0.25) is 9.48 Å². The van der Waals surface area contributed by atoms with Crippen molar-refractivity contribution in [3.63, 3.8) is 0 Å². The number of nitrogens with zero attached hydrogens (tertiary/aromatic N) is 5. The summed E-state index contributed by atoms with van der Waals surface area (Å²) in [4.78, 5) is 22.7.